The lowest BCUT2D eigenvalue weighted by atomic mass is 10.1. The van der Waals surface area contributed by atoms with Crippen LogP contribution in [0.5, 0.6) is 0 Å². The minimum atomic E-state index is -0.900. The predicted octanol–water partition coefficient (Wildman–Crippen LogP) is 4.32. The fourth-order valence-electron chi connectivity index (χ4n) is 2.03. The lowest BCUT2D eigenvalue weighted by Gasteiger charge is -2.25. The van der Waals surface area contributed by atoms with Gasteiger partial charge in [0.2, 0.25) is 0 Å². The van der Waals surface area contributed by atoms with Gasteiger partial charge in [-0.3, -0.25) is 0 Å². The number of hydrogen-bond acceptors (Lipinski definition) is 3. The molecule has 2 aromatic carbocycles. The van der Waals surface area contributed by atoms with Gasteiger partial charge in [0, 0.05) is 11.3 Å². The van der Waals surface area contributed by atoms with Gasteiger partial charge in [0.25, 0.3) is 0 Å². The summed E-state index contributed by atoms with van der Waals surface area (Å²) in [7, 11) is 0. The van der Waals surface area contributed by atoms with Crippen LogP contribution < -0.4 is 5.32 Å². The minimum absolute atomic E-state index is 0.264. The van der Waals surface area contributed by atoms with E-state index < -0.39 is 23.4 Å². The summed E-state index contributed by atoms with van der Waals surface area (Å²) < 4.78 is 19.5. The van der Waals surface area contributed by atoms with Crippen LogP contribution in [0.2, 0.25) is 0 Å². The zero-order chi connectivity index (χ0) is 16.2. The fraction of sp³-hybridized carbons (Fsp3) is 0.278. The molecular formula is C18H20FNO2. The average molecular weight is 301 g/mol. The summed E-state index contributed by atoms with van der Waals surface area (Å²) in [4.78, 5) is 12.5. The van der Waals surface area contributed by atoms with Crippen LogP contribution in [0.1, 0.15) is 32.4 Å². The molecule has 22 heavy (non-hydrogen) atoms. The van der Waals surface area contributed by atoms with Crippen molar-refractivity contribution in [3.63, 3.8) is 0 Å². The second-order valence-corrected chi connectivity index (χ2v) is 6.00. The van der Waals surface area contributed by atoms with E-state index in [9.17, 15) is 9.18 Å². The Morgan fingerprint density at radius 2 is 1.64 bits per heavy atom. The third-order valence-corrected chi connectivity index (χ3v) is 2.94. The molecule has 0 bridgehead atoms. The molecule has 0 fully saturated rings. The highest BCUT2D eigenvalue weighted by Crippen LogP contribution is 2.25. The van der Waals surface area contributed by atoms with Crippen molar-refractivity contribution in [1.29, 1.82) is 0 Å². The molecule has 1 atom stereocenters. The van der Waals surface area contributed by atoms with Gasteiger partial charge in [0.05, 0.1) is 0 Å². The van der Waals surface area contributed by atoms with E-state index in [0.717, 1.165) is 5.69 Å². The van der Waals surface area contributed by atoms with E-state index in [1.807, 2.05) is 30.3 Å². The monoisotopic (exact) mass is 301 g/mol. The Morgan fingerprint density at radius 3 is 2.23 bits per heavy atom. The normalized spacial score (nSPS) is 12.5. The number of carbonyl (C=O) groups excluding carboxylic acids is 1. The van der Waals surface area contributed by atoms with Crippen LogP contribution in [0.25, 0.3) is 0 Å². The Labute approximate surface area is 130 Å². The molecule has 0 spiro atoms. The molecule has 3 nitrogen and oxygen atoms in total. The quantitative estimate of drug-likeness (QED) is 0.855. The van der Waals surface area contributed by atoms with Gasteiger partial charge in [0.15, 0.2) is 6.04 Å². The van der Waals surface area contributed by atoms with E-state index in [1.165, 1.54) is 6.07 Å². The first-order valence-electron chi connectivity index (χ1n) is 7.16. The molecule has 4 heteroatoms. The third-order valence-electron chi connectivity index (χ3n) is 2.94. The van der Waals surface area contributed by atoms with Crippen molar-refractivity contribution in [3.8, 4) is 0 Å². The minimum Gasteiger partial charge on any atom is -0.458 e. The smallest absolute Gasteiger partial charge is 0.333 e. The second kappa shape index (κ2) is 6.60. The van der Waals surface area contributed by atoms with Crippen LogP contribution in [0.3, 0.4) is 0 Å². The maximum Gasteiger partial charge on any atom is 0.333 e. The first kappa shape index (κ1) is 16.0. The van der Waals surface area contributed by atoms with Crippen molar-refractivity contribution in [3.05, 3.63) is 66.0 Å². The van der Waals surface area contributed by atoms with Crippen molar-refractivity contribution in [2.24, 2.45) is 0 Å². The maximum absolute atomic E-state index is 14.1. The fourth-order valence-corrected chi connectivity index (χ4v) is 2.03. The predicted molar refractivity (Wildman–Crippen MR) is 85.1 cm³/mol. The highest BCUT2D eigenvalue weighted by atomic mass is 19.1. The van der Waals surface area contributed by atoms with E-state index >= 15 is 0 Å². The number of ether oxygens (including phenoxy) is 1. The Balaban J connectivity index is 2.32. The summed E-state index contributed by atoms with van der Waals surface area (Å²) in [5.74, 6) is -0.955. The summed E-state index contributed by atoms with van der Waals surface area (Å²) in [6, 6.07) is 14.5. The third kappa shape index (κ3) is 4.32. The first-order chi connectivity index (χ1) is 10.4. The van der Waals surface area contributed by atoms with E-state index in [1.54, 1.807) is 39.0 Å². The molecule has 0 aliphatic carbocycles. The SMILES string of the molecule is CC(C)(C)OC(=O)C(Nc1ccccc1)c1ccccc1F. The van der Waals surface area contributed by atoms with Crippen molar-refractivity contribution in [1.82, 2.24) is 0 Å². The number of carbonyl (C=O) groups is 1. The summed E-state index contributed by atoms with van der Waals surface area (Å²) >= 11 is 0. The zero-order valence-corrected chi connectivity index (χ0v) is 13.0. The molecule has 2 aromatic rings. The molecule has 1 N–H and O–H groups in total. The van der Waals surface area contributed by atoms with Crippen LogP contribution in [-0.4, -0.2) is 11.6 Å². The number of halogens is 1. The number of esters is 1. The van der Waals surface area contributed by atoms with E-state index in [-0.39, 0.29) is 5.56 Å². The van der Waals surface area contributed by atoms with Crippen LogP contribution in [0, 0.1) is 5.82 Å². The number of rotatable bonds is 4. The highest BCUT2D eigenvalue weighted by molar-refractivity contribution is 5.81. The first-order valence-corrected chi connectivity index (χ1v) is 7.16. The number of anilines is 1. The molecule has 2 rings (SSSR count). The Bertz CT molecular complexity index is 635. The van der Waals surface area contributed by atoms with Crippen molar-refractivity contribution < 1.29 is 13.9 Å². The molecule has 116 valence electrons. The van der Waals surface area contributed by atoms with Gasteiger partial charge < -0.3 is 10.1 Å². The lowest BCUT2D eigenvalue weighted by Crippen LogP contribution is -2.31. The molecular weight excluding hydrogens is 281 g/mol. The average Bonchev–Trinajstić information content (AvgIpc) is 2.45. The van der Waals surface area contributed by atoms with Crippen LogP contribution in [-0.2, 0) is 9.53 Å². The Hall–Kier alpha value is -2.36. The molecule has 0 heterocycles. The van der Waals surface area contributed by atoms with Crippen molar-refractivity contribution in [2.75, 3.05) is 5.32 Å². The van der Waals surface area contributed by atoms with Crippen LogP contribution in [0.15, 0.2) is 54.6 Å². The highest BCUT2D eigenvalue weighted by Gasteiger charge is 2.28. The summed E-state index contributed by atoms with van der Waals surface area (Å²) in [6.45, 7) is 5.35. The number of hydrogen-bond donors (Lipinski definition) is 1. The topological polar surface area (TPSA) is 38.3 Å². The van der Waals surface area contributed by atoms with Crippen LogP contribution in [0.4, 0.5) is 10.1 Å². The Morgan fingerprint density at radius 1 is 1.05 bits per heavy atom. The molecule has 0 radical (unpaired) electrons. The van der Waals surface area contributed by atoms with E-state index in [0.29, 0.717) is 0 Å². The molecule has 0 aliphatic rings. The summed E-state index contributed by atoms with van der Waals surface area (Å²) in [5, 5.41) is 3.04. The number of benzene rings is 2. The van der Waals surface area contributed by atoms with Crippen molar-refractivity contribution >= 4 is 11.7 Å². The Kier molecular flexibility index (Phi) is 4.81. The molecule has 0 aromatic heterocycles. The van der Waals surface area contributed by atoms with Gasteiger partial charge >= 0.3 is 5.97 Å². The summed E-state index contributed by atoms with van der Waals surface area (Å²) in [6.07, 6.45) is 0. The largest absolute Gasteiger partial charge is 0.458 e. The molecule has 0 saturated heterocycles. The van der Waals surface area contributed by atoms with Gasteiger partial charge in [-0.2, -0.15) is 0 Å². The lowest BCUT2D eigenvalue weighted by molar-refractivity contribution is -0.156. The molecule has 0 amide bonds. The molecule has 0 aliphatic heterocycles. The van der Waals surface area contributed by atoms with Crippen molar-refractivity contribution in [2.45, 2.75) is 32.4 Å². The summed E-state index contributed by atoms with van der Waals surface area (Å²) in [5.41, 5.74) is 0.348. The van der Waals surface area contributed by atoms with Gasteiger partial charge in [-0.05, 0) is 39.0 Å². The molecule has 1 unspecified atom stereocenters. The van der Waals surface area contributed by atoms with E-state index in [4.69, 9.17) is 4.74 Å². The van der Waals surface area contributed by atoms with Gasteiger partial charge in [-0.1, -0.05) is 36.4 Å². The van der Waals surface area contributed by atoms with Gasteiger partial charge in [0.1, 0.15) is 11.4 Å². The maximum atomic E-state index is 14.1. The molecule has 0 saturated carbocycles. The second-order valence-electron chi connectivity index (χ2n) is 6.00. The number of nitrogens with one attached hydrogen (secondary N) is 1. The van der Waals surface area contributed by atoms with Gasteiger partial charge in [-0.15, -0.1) is 0 Å². The number of para-hydroxylation sites is 1. The van der Waals surface area contributed by atoms with E-state index in [2.05, 4.69) is 5.32 Å². The standard InChI is InChI=1S/C18H20FNO2/c1-18(2,3)22-17(21)16(14-11-7-8-12-15(14)19)20-13-9-5-4-6-10-13/h4-12,16,20H,1-3H3. The van der Waals surface area contributed by atoms with Gasteiger partial charge in [-0.25, -0.2) is 9.18 Å². The zero-order valence-electron chi connectivity index (χ0n) is 13.0. The van der Waals surface area contributed by atoms with Crippen LogP contribution >= 0.6 is 0 Å².